The SMILES string of the molecule is Cc1cc(C)c(NC(=O)CN(CCN2CCOCC2)S(C)(=O)=O)c(C)c1. The number of rotatable bonds is 7. The summed E-state index contributed by atoms with van der Waals surface area (Å²) in [4.78, 5) is 14.6. The molecule has 26 heavy (non-hydrogen) atoms. The number of ether oxygens (including phenoxy) is 1. The maximum Gasteiger partial charge on any atom is 0.239 e. The highest BCUT2D eigenvalue weighted by molar-refractivity contribution is 7.88. The number of amides is 1. The van der Waals surface area contributed by atoms with Gasteiger partial charge in [0.25, 0.3) is 0 Å². The molecule has 1 saturated heterocycles. The van der Waals surface area contributed by atoms with Gasteiger partial charge in [-0.15, -0.1) is 0 Å². The van der Waals surface area contributed by atoms with Crippen LogP contribution in [0.1, 0.15) is 16.7 Å². The molecule has 1 aromatic rings. The van der Waals surface area contributed by atoms with E-state index in [1.807, 2.05) is 32.9 Å². The molecule has 1 fully saturated rings. The third kappa shape index (κ3) is 6.05. The summed E-state index contributed by atoms with van der Waals surface area (Å²) in [6.45, 7) is 9.45. The van der Waals surface area contributed by atoms with Crippen molar-refractivity contribution in [3.63, 3.8) is 0 Å². The Balaban J connectivity index is 2.00. The second-order valence-corrected chi connectivity index (χ2v) is 8.85. The Labute approximate surface area is 156 Å². The van der Waals surface area contributed by atoms with Gasteiger partial charge in [0.15, 0.2) is 0 Å². The molecule has 1 heterocycles. The molecule has 1 aromatic carbocycles. The van der Waals surface area contributed by atoms with Gasteiger partial charge in [-0.1, -0.05) is 17.7 Å². The van der Waals surface area contributed by atoms with E-state index >= 15 is 0 Å². The third-order valence-corrected chi connectivity index (χ3v) is 5.75. The molecular formula is C18H29N3O4S. The number of hydrogen-bond acceptors (Lipinski definition) is 5. The average Bonchev–Trinajstić information content (AvgIpc) is 2.54. The van der Waals surface area contributed by atoms with Crippen molar-refractivity contribution in [2.45, 2.75) is 20.8 Å². The summed E-state index contributed by atoms with van der Waals surface area (Å²) < 4.78 is 30.7. The van der Waals surface area contributed by atoms with Gasteiger partial charge >= 0.3 is 0 Å². The fraction of sp³-hybridized carbons (Fsp3) is 0.611. The van der Waals surface area contributed by atoms with Gasteiger partial charge in [-0.3, -0.25) is 9.69 Å². The van der Waals surface area contributed by atoms with Gasteiger partial charge in [-0.2, -0.15) is 4.31 Å². The topological polar surface area (TPSA) is 79.0 Å². The normalized spacial score (nSPS) is 16.0. The van der Waals surface area contributed by atoms with Gasteiger partial charge in [-0.05, 0) is 31.9 Å². The zero-order valence-electron chi connectivity index (χ0n) is 16.0. The van der Waals surface area contributed by atoms with E-state index in [1.165, 1.54) is 4.31 Å². The smallest absolute Gasteiger partial charge is 0.239 e. The maximum absolute atomic E-state index is 12.5. The van der Waals surface area contributed by atoms with Crippen LogP contribution in [0, 0.1) is 20.8 Å². The molecule has 7 nitrogen and oxygen atoms in total. The molecule has 0 aliphatic carbocycles. The van der Waals surface area contributed by atoms with E-state index in [0.29, 0.717) is 19.8 Å². The van der Waals surface area contributed by atoms with Crippen LogP contribution in [0.15, 0.2) is 12.1 Å². The minimum atomic E-state index is -3.47. The zero-order chi connectivity index (χ0) is 19.3. The Hall–Kier alpha value is -1.48. The highest BCUT2D eigenvalue weighted by Gasteiger charge is 2.22. The number of nitrogens with one attached hydrogen (secondary N) is 1. The van der Waals surface area contributed by atoms with Crippen molar-refractivity contribution in [3.8, 4) is 0 Å². The van der Waals surface area contributed by atoms with Crippen LogP contribution in [0.2, 0.25) is 0 Å². The Kier molecular flexibility index (Phi) is 7.16. The molecule has 0 spiro atoms. The monoisotopic (exact) mass is 383 g/mol. The molecule has 0 aromatic heterocycles. The predicted octanol–water partition coefficient (Wildman–Crippen LogP) is 1.14. The van der Waals surface area contributed by atoms with Gasteiger partial charge in [0.1, 0.15) is 0 Å². The summed E-state index contributed by atoms with van der Waals surface area (Å²) in [7, 11) is -3.47. The Bertz CT molecular complexity index is 720. The fourth-order valence-corrected chi connectivity index (χ4v) is 3.92. The quantitative estimate of drug-likeness (QED) is 0.764. The third-order valence-electron chi connectivity index (χ3n) is 4.50. The first-order chi connectivity index (χ1) is 12.2. The molecule has 0 atom stereocenters. The molecular weight excluding hydrogens is 354 g/mol. The van der Waals surface area contributed by atoms with Gasteiger partial charge in [0, 0.05) is 31.9 Å². The largest absolute Gasteiger partial charge is 0.379 e. The molecule has 0 bridgehead atoms. The molecule has 146 valence electrons. The Morgan fingerprint density at radius 3 is 2.31 bits per heavy atom. The van der Waals surface area contributed by atoms with Gasteiger partial charge < -0.3 is 10.1 Å². The summed E-state index contributed by atoms with van der Waals surface area (Å²) >= 11 is 0. The number of sulfonamides is 1. The van der Waals surface area contributed by atoms with Crippen LogP contribution < -0.4 is 5.32 Å². The van der Waals surface area contributed by atoms with E-state index in [2.05, 4.69) is 10.2 Å². The van der Waals surface area contributed by atoms with Crippen LogP contribution in [0.3, 0.4) is 0 Å². The Morgan fingerprint density at radius 2 is 1.77 bits per heavy atom. The number of carbonyl (C=O) groups excluding carboxylic acids is 1. The van der Waals surface area contributed by atoms with Crippen molar-refractivity contribution in [2.75, 3.05) is 57.5 Å². The van der Waals surface area contributed by atoms with Crippen LogP contribution in [-0.4, -0.2) is 75.7 Å². The van der Waals surface area contributed by atoms with E-state index in [1.54, 1.807) is 0 Å². The number of aryl methyl sites for hydroxylation is 3. The van der Waals surface area contributed by atoms with E-state index in [-0.39, 0.29) is 19.0 Å². The minimum Gasteiger partial charge on any atom is -0.379 e. The standard InChI is InChI=1S/C18H29N3O4S/c1-14-11-15(2)18(16(3)12-14)19-17(22)13-21(26(4,23)24)6-5-20-7-9-25-10-8-20/h11-12H,5-10,13H2,1-4H3,(H,19,22). The first-order valence-corrected chi connectivity index (χ1v) is 10.6. The lowest BCUT2D eigenvalue weighted by atomic mass is 10.1. The molecule has 0 saturated carbocycles. The molecule has 1 aliphatic rings. The van der Waals surface area contributed by atoms with E-state index < -0.39 is 10.0 Å². The number of benzene rings is 1. The summed E-state index contributed by atoms with van der Waals surface area (Å²) in [6, 6.07) is 3.99. The second kappa shape index (κ2) is 8.94. The van der Waals surface area contributed by atoms with Gasteiger partial charge in [0.05, 0.1) is 26.0 Å². The van der Waals surface area contributed by atoms with Gasteiger partial charge in [0.2, 0.25) is 15.9 Å². The first kappa shape index (κ1) is 20.8. The van der Waals surface area contributed by atoms with Crippen LogP contribution in [0.4, 0.5) is 5.69 Å². The zero-order valence-corrected chi connectivity index (χ0v) is 16.9. The Morgan fingerprint density at radius 1 is 1.19 bits per heavy atom. The van der Waals surface area contributed by atoms with Crippen LogP contribution in [-0.2, 0) is 19.6 Å². The number of anilines is 1. The predicted molar refractivity (Wildman–Crippen MR) is 103 cm³/mol. The van der Waals surface area contributed by atoms with Gasteiger partial charge in [-0.25, -0.2) is 8.42 Å². The number of hydrogen-bond donors (Lipinski definition) is 1. The molecule has 1 aliphatic heterocycles. The molecule has 8 heteroatoms. The van der Waals surface area contributed by atoms with Crippen molar-refractivity contribution in [1.82, 2.24) is 9.21 Å². The summed E-state index contributed by atoms with van der Waals surface area (Å²) in [5.41, 5.74) is 3.81. The van der Waals surface area contributed by atoms with E-state index in [9.17, 15) is 13.2 Å². The molecule has 1 amide bonds. The van der Waals surface area contributed by atoms with E-state index in [4.69, 9.17) is 4.74 Å². The molecule has 0 radical (unpaired) electrons. The molecule has 1 N–H and O–H groups in total. The van der Waals surface area contributed by atoms with Crippen molar-refractivity contribution in [1.29, 1.82) is 0 Å². The fourth-order valence-electron chi connectivity index (χ4n) is 3.16. The number of nitrogens with zero attached hydrogens (tertiary/aromatic N) is 2. The van der Waals surface area contributed by atoms with Crippen LogP contribution >= 0.6 is 0 Å². The summed E-state index contributed by atoms with van der Waals surface area (Å²) in [5, 5.41) is 2.87. The maximum atomic E-state index is 12.5. The molecule has 2 rings (SSSR count). The first-order valence-electron chi connectivity index (χ1n) is 8.80. The van der Waals surface area contributed by atoms with Crippen molar-refractivity contribution in [2.24, 2.45) is 0 Å². The highest BCUT2D eigenvalue weighted by atomic mass is 32.2. The number of morpholine rings is 1. The lowest BCUT2D eigenvalue weighted by molar-refractivity contribution is -0.116. The number of carbonyl (C=O) groups is 1. The second-order valence-electron chi connectivity index (χ2n) is 6.87. The van der Waals surface area contributed by atoms with Crippen molar-refractivity contribution in [3.05, 3.63) is 28.8 Å². The lowest BCUT2D eigenvalue weighted by Gasteiger charge is -2.29. The minimum absolute atomic E-state index is 0.185. The average molecular weight is 384 g/mol. The van der Waals surface area contributed by atoms with Crippen molar-refractivity contribution >= 4 is 21.6 Å². The van der Waals surface area contributed by atoms with Crippen LogP contribution in [0.25, 0.3) is 0 Å². The van der Waals surface area contributed by atoms with Crippen molar-refractivity contribution < 1.29 is 17.9 Å². The van der Waals surface area contributed by atoms with E-state index in [0.717, 1.165) is 41.7 Å². The summed E-state index contributed by atoms with van der Waals surface area (Å²) in [5.74, 6) is -0.326. The molecule has 0 unspecified atom stereocenters. The summed E-state index contributed by atoms with van der Waals surface area (Å²) in [6.07, 6.45) is 1.14. The lowest BCUT2D eigenvalue weighted by Crippen LogP contribution is -2.45. The van der Waals surface area contributed by atoms with Crippen LogP contribution in [0.5, 0.6) is 0 Å². The highest BCUT2D eigenvalue weighted by Crippen LogP contribution is 2.21.